The van der Waals surface area contributed by atoms with Crippen LogP contribution in [0, 0.1) is 12.7 Å². The fourth-order valence-electron chi connectivity index (χ4n) is 3.33. The Labute approximate surface area is 141 Å². The molecule has 2 atom stereocenters. The molecule has 1 fully saturated rings. The summed E-state index contributed by atoms with van der Waals surface area (Å²) < 4.78 is 63.7. The van der Waals surface area contributed by atoms with E-state index in [9.17, 15) is 21.2 Å². The van der Waals surface area contributed by atoms with Gasteiger partial charge in [0, 0.05) is 6.54 Å². The lowest BCUT2D eigenvalue weighted by Crippen LogP contribution is -2.47. The highest BCUT2D eigenvalue weighted by atomic mass is 32.2. The average Bonchev–Trinajstić information content (AvgIpc) is 3.04. The Kier molecular flexibility index (Phi) is 4.19. The fraction of sp³-hybridized carbons (Fsp3) is 0.533. The zero-order valence-electron chi connectivity index (χ0n) is 13.4. The standard InChI is InChI=1S/C15H19FN2O4S2/c1-10-7-12(3-4-13(10)16)24(21,22)15-9-23(19,20)8-14(15)18-6-5-17-11(18)2/h3-4,7,14-15H,5-6,8-9H2,1-2H3/t14-,15-/m0/s1. The van der Waals surface area contributed by atoms with Gasteiger partial charge in [0.1, 0.15) is 11.1 Å². The molecule has 1 saturated heterocycles. The maximum Gasteiger partial charge on any atom is 0.184 e. The van der Waals surface area contributed by atoms with E-state index in [2.05, 4.69) is 4.99 Å². The molecule has 3 rings (SSSR count). The highest BCUT2D eigenvalue weighted by Crippen LogP contribution is 2.30. The summed E-state index contributed by atoms with van der Waals surface area (Å²) in [6.07, 6.45) is 0. The van der Waals surface area contributed by atoms with E-state index in [1.807, 2.05) is 0 Å². The van der Waals surface area contributed by atoms with Gasteiger partial charge < -0.3 is 4.90 Å². The SMILES string of the molecule is CC1=NCCN1[C@H]1CS(=O)(=O)C[C@@H]1S(=O)(=O)c1ccc(F)c(C)c1. The number of halogens is 1. The zero-order chi connectivity index (χ0) is 17.7. The smallest absolute Gasteiger partial charge is 0.184 e. The molecule has 0 radical (unpaired) electrons. The first-order valence-corrected chi connectivity index (χ1v) is 11.0. The van der Waals surface area contributed by atoms with E-state index in [1.54, 1.807) is 11.8 Å². The molecule has 0 saturated carbocycles. The van der Waals surface area contributed by atoms with Crippen LogP contribution < -0.4 is 0 Å². The van der Waals surface area contributed by atoms with Crippen molar-refractivity contribution in [1.82, 2.24) is 4.90 Å². The van der Waals surface area contributed by atoms with Gasteiger partial charge in [-0.05, 0) is 37.6 Å². The first kappa shape index (κ1) is 17.3. The van der Waals surface area contributed by atoms with Gasteiger partial charge >= 0.3 is 0 Å². The lowest BCUT2D eigenvalue weighted by Gasteiger charge is -2.29. The molecule has 6 nitrogen and oxygen atoms in total. The Morgan fingerprint density at radius 3 is 2.54 bits per heavy atom. The van der Waals surface area contributed by atoms with E-state index in [1.165, 1.54) is 19.1 Å². The summed E-state index contributed by atoms with van der Waals surface area (Å²) >= 11 is 0. The van der Waals surface area contributed by atoms with E-state index in [4.69, 9.17) is 0 Å². The lowest BCUT2D eigenvalue weighted by molar-refractivity contribution is 0.360. The van der Waals surface area contributed by atoms with Crippen LogP contribution in [-0.2, 0) is 19.7 Å². The molecule has 0 aromatic heterocycles. The van der Waals surface area contributed by atoms with Gasteiger partial charge in [0.15, 0.2) is 19.7 Å². The summed E-state index contributed by atoms with van der Waals surface area (Å²) in [5.74, 6) is -0.455. The third kappa shape index (κ3) is 2.95. The van der Waals surface area contributed by atoms with E-state index in [0.29, 0.717) is 18.9 Å². The molecule has 0 unspecified atom stereocenters. The van der Waals surface area contributed by atoms with Crippen LogP contribution in [0.3, 0.4) is 0 Å². The summed E-state index contributed by atoms with van der Waals surface area (Å²) in [5, 5.41) is -1.07. The van der Waals surface area contributed by atoms with Crippen molar-refractivity contribution >= 4 is 25.5 Å². The predicted molar refractivity (Wildman–Crippen MR) is 89.2 cm³/mol. The molecule has 0 amide bonds. The van der Waals surface area contributed by atoms with Crippen LogP contribution in [0.1, 0.15) is 12.5 Å². The molecule has 0 N–H and O–H groups in total. The highest BCUT2D eigenvalue weighted by Gasteiger charge is 2.49. The average molecular weight is 374 g/mol. The highest BCUT2D eigenvalue weighted by molar-refractivity contribution is 7.96. The minimum Gasteiger partial charge on any atom is -0.353 e. The van der Waals surface area contributed by atoms with E-state index in [-0.39, 0.29) is 16.2 Å². The number of hydrogen-bond acceptors (Lipinski definition) is 6. The number of aliphatic imine (C=N–C) groups is 1. The van der Waals surface area contributed by atoms with Crippen molar-refractivity contribution < 1.29 is 21.2 Å². The predicted octanol–water partition coefficient (Wildman–Crippen LogP) is 0.807. The largest absolute Gasteiger partial charge is 0.353 e. The third-order valence-electron chi connectivity index (χ3n) is 4.63. The first-order valence-electron chi connectivity index (χ1n) is 7.60. The second kappa shape index (κ2) is 5.80. The molecule has 2 aliphatic rings. The normalized spacial score (nSPS) is 26.6. The maximum atomic E-state index is 13.4. The van der Waals surface area contributed by atoms with Gasteiger partial charge in [-0.2, -0.15) is 0 Å². The molecule has 132 valence electrons. The topological polar surface area (TPSA) is 83.9 Å². The number of rotatable bonds is 3. The third-order valence-corrected chi connectivity index (χ3v) is 8.74. The van der Waals surface area contributed by atoms with Crippen molar-refractivity contribution in [1.29, 1.82) is 0 Å². The molecule has 1 aromatic carbocycles. The molecular weight excluding hydrogens is 355 g/mol. The van der Waals surface area contributed by atoms with E-state index >= 15 is 0 Å². The van der Waals surface area contributed by atoms with Gasteiger partial charge in [0.25, 0.3) is 0 Å². The summed E-state index contributed by atoms with van der Waals surface area (Å²) in [4.78, 5) is 5.96. The number of hydrogen-bond donors (Lipinski definition) is 0. The molecule has 2 heterocycles. The zero-order valence-corrected chi connectivity index (χ0v) is 15.1. The van der Waals surface area contributed by atoms with Gasteiger partial charge in [-0.3, -0.25) is 4.99 Å². The van der Waals surface area contributed by atoms with Crippen molar-refractivity contribution in [2.45, 2.75) is 30.0 Å². The van der Waals surface area contributed by atoms with Crippen LogP contribution in [0.15, 0.2) is 28.1 Å². The van der Waals surface area contributed by atoms with Crippen LogP contribution >= 0.6 is 0 Å². The Balaban J connectivity index is 2.03. The molecule has 24 heavy (non-hydrogen) atoms. The summed E-state index contributed by atoms with van der Waals surface area (Å²) in [6.45, 7) is 4.28. The minimum absolute atomic E-state index is 0.0395. The molecule has 1 aromatic rings. The van der Waals surface area contributed by atoms with E-state index < -0.39 is 42.5 Å². The molecule has 9 heteroatoms. The summed E-state index contributed by atoms with van der Waals surface area (Å²) in [5.41, 5.74) is 0.215. The van der Waals surface area contributed by atoms with Gasteiger partial charge in [-0.15, -0.1) is 0 Å². The fourth-order valence-corrected chi connectivity index (χ4v) is 8.19. The van der Waals surface area contributed by atoms with Crippen molar-refractivity contribution in [3.63, 3.8) is 0 Å². The van der Waals surface area contributed by atoms with Crippen LogP contribution in [-0.4, -0.2) is 63.5 Å². The number of amidine groups is 1. The lowest BCUT2D eigenvalue weighted by atomic mass is 10.2. The van der Waals surface area contributed by atoms with Gasteiger partial charge in [-0.1, -0.05) is 0 Å². The Morgan fingerprint density at radius 1 is 1.25 bits per heavy atom. The minimum atomic E-state index is -3.90. The monoisotopic (exact) mass is 374 g/mol. The quantitative estimate of drug-likeness (QED) is 0.731. The van der Waals surface area contributed by atoms with Crippen LogP contribution in [0.5, 0.6) is 0 Å². The van der Waals surface area contributed by atoms with Crippen molar-refractivity contribution in [3.05, 3.63) is 29.6 Å². The summed E-state index contributed by atoms with van der Waals surface area (Å²) in [6, 6.07) is 2.91. The Hall–Kier alpha value is -1.48. The maximum absolute atomic E-state index is 13.4. The van der Waals surface area contributed by atoms with Crippen LogP contribution in [0.4, 0.5) is 4.39 Å². The molecule has 0 aliphatic carbocycles. The Morgan fingerprint density at radius 2 is 1.96 bits per heavy atom. The van der Waals surface area contributed by atoms with Crippen molar-refractivity contribution in [2.24, 2.45) is 4.99 Å². The number of sulfone groups is 2. The number of benzene rings is 1. The second-order valence-electron chi connectivity index (χ2n) is 6.26. The summed E-state index contributed by atoms with van der Waals surface area (Å²) in [7, 11) is -7.37. The molecule has 0 bridgehead atoms. The van der Waals surface area contributed by atoms with Crippen molar-refractivity contribution in [2.75, 3.05) is 24.6 Å². The number of aryl methyl sites for hydroxylation is 1. The van der Waals surface area contributed by atoms with Gasteiger partial charge in [0.2, 0.25) is 0 Å². The molecule has 2 aliphatic heterocycles. The number of nitrogens with zero attached hydrogens (tertiary/aromatic N) is 2. The van der Waals surface area contributed by atoms with E-state index in [0.717, 1.165) is 6.07 Å². The van der Waals surface area contributed by atoms with Crippen LogP contribution in [0.25, 0.3) is 0 Å². The van der Waals surface area contributed by atoms with Crippen LogP contribution in [0.2, 0.25) is 0 Å². The molecule has 0 spiro atoms. The van der Waals surface area contributed by atoms with Gasteiger partial charge in [0.05, 0.1) is 34.8 Å². The first-order chi connectivity index (χ1) is 11.1. The molecular formula is C15H19FN2O4S2. The Bertz CT molecular complexity index is 909. The van der Waals surface area contributed by atoms with Gasteiger partial charge in [-0.25, -0.2) is 21.2 Å². The van der Waals surface area contributed by atoms with Crippen molar-refractivity contribution in [3.8, 4) is 0 Å². The second-order valence-corrected chi connectivity index (χ2v) is 10.6.